The Morgan fingerprint density at radius 3 is 2.15 bits per heavy atom. The van der Waals surface area contributed by atoms with Gasteiger partial charge in [0.2, 0.25) is 0 Å². The van der Waals surface area contributed by atoms with Crippen LogP contribution in [0.15, 0.2) is 17.7 Å². The van der Waals surface area contributed by atoms with Crippen LogP contribution in [0, 0.1) is 22.7 Å². The highest BCUT2D eigenvalue weighted by molar-refractivity contribution is 5.69. The summed E-state index contributed by atoms with van der Waals surface area (Å²) in [5.74, 6) is 1.62. The molecule has 0 saturated heterocycles. The molecule has 1 rings (SSSR count). The molecule has 0 aliphatic rings. The highest BCUT2D eigenvalue weighted by atomic mass is 16.5. The molecule has 0 amide bonds. The monoisotopic (exact) mass is 272 g/mol. The zero-order chi connectivity index (χ0) is 15.0. The summed E-state index contributed by atoms with van der Waals surface area (Å²) in [4.78, 5) is 0. The molecule has 20 heavy (non-hydrogen) atoms. The Bertz CT molecular complexity index is 564. The predicted octanol–water partition coefficient (Wildman–Crippen LogP) is 2.92. The van der Waals surface area contributed by atoms with Crippen LogP contribution in [0.1, 0.15) is 19.4 Å². The van der Waals surface area contributed by atoms with Gasteiger partial charge in [-0.1, -0.05) is 0 Å². The van der Waals surface area contributed by atoms with E-state index in [4.69, 9.17) is 24.7 Å². The highest BCUT2D eigenvalue weighted by Gasteiger charge is 2.12. The Morgan fingerprint density at radius 1 is 1.05 bits per heavy atom. The fraction of sp³-hybridized carbons (Fsp3) is 0.333. The molecule has 0 bridgehead atoms. The van der Waals surface area contributed by atoms with Crippen molar-refractivity contribution in [2.45, 2.75) is 13.8 Å². The van der Waals surface area contributed by atoms with Crippen LogP contribution < -0.4 is 14.2 Å². The van der Waals surface area contributed by atoms with Gasteiger partial charge in [-0.05, 0) is 26.0 Å². The molecule has 0 unspecified atom stereocenters. The predicted molar refractivity (Wildman–Crippen MR) is 74.5 cm³/mol. The number of hydrogen-bond donors (Lipinski definition) is 0. The summed E-state index contributed by atoms with van der Waals surface area (Å²) in [6.07, 6.45) is 1.47. The molecule has 0 aromatic heterocycles. The first-order chi connectivity index (χ1) is 9.69. The first-order valence-corrected chi connectivity index (χ1v) is 6.19. The topological polar surface area (TPSA) is 75.3 Å². The van der Waals surface area contributed by atoms with Crippen LogP contribution >= 0.6 is 0 Å². The lowest BCUT2D eigenvalue weighted by Gasteiger charge is -2.14. The molecule has 0 spiro atoms. The number of nitriles is 2. The molecule has 1 aromatic rings. The van der Waals surface area contributed by atoms with E-state index in [1.165, 1.54) is 6.08 Å². The molecular formula is C15H16N2O3. The molecule has 0 heterocycles. The molecule has 0 radical (unpaired) electrons. The third-order valence-electron chi connectivity index (χ3n) is 2.44. The molecule has 5 nitrogen and oxygen atoms in total. The highest BCUT2D eigenvalue weighted by Crippen LogP contribution is 2.36. The van der Waals surface area contributed by atoms with Gasteiger partial charge in [-0.15, -0.1) is 0 Å². The third kappa shape index (κ3) is 3.66. The van der Waals surface area contributed by atoms with Crippen LogP contribution in [0.3, 0.4) is 0 Å². The van der Waals surface area contributed by atoms with Gasteiger partial charge in [-0.2, -0.15) is 10.5 Å². The van der Waals surface area contributed by atoms with E-state index in [2.05, 4.69) is 0 Å². The Morgan fingerprint density at radius 2 is 1.65 bits per heavy atom. The summed E-state index contributed by atoms with van der Waals surface area (Å²) < 4.78 is 16.2. The normalized spacial score (nSPS) is 9.05. The number of ether oxygens (including phenoxy) is 3. The van der Waals surface area contributed by atoms with Crippen molar-refractivity contribution < 1.29 is 14.2 Å². The maximum Gasteiger partial charge on any atom is 0.164 e. The second-order valence-corrected chi connectivity index (χ2v) is 3.69. The average molecular weight is 272 g/mol. The number of rotatable bonds is 6. The van der Waals surface area contributed by atoms with Crippen molar-refractivity contribution in [3.63, 3.8) is 0 Å². The summed E-state index contributed by atoms with van der Waals surface area (Å²) in [5.41, 5.74) is 0.604. The zero-order valence-corrected chi connectivity index (χ0v) is 11.8. The molecule has 5 heteroatoms. The fourth-order valence-electron chi connectivity index (χ4n) is 1.62. The minimum absolute atomic E-state index is 0.00133. The molecule has 0 saturated carbocycles. The lowest BCUT2D eigenvalue weighted by molar-refractivity contribution is 0.304. The van der Waals surface area contributed by atoms with Crippen LogP contribution in [-0.2, 0) is 0 Å². The van der Waals surface area contributed by atoms with Gasteiger partial charge in [-0.25, -0.2) is 0 Å². The molecule has 0 fully saturated rings. The fourth-order valence-corrected chi connectivity index (χ4v) is 1.62. The Hall–Kier alpha value is -2.66. The van der Waals surface area contributed by atoms with E-state index < -0.39 is 0 Å². The summed E-state index contributed by atoms with van der Waals surface area (Å²) in [6.45, 7) is 4.66. The van der Waals surface area contributed by atoms with Crippen LogP contribution in [0.25, 0.3) is 6.08 Å². The standard InChI is InChI=1S/C15H16N2O3/c1-4-19-13-8-14(18-3)15(20-5-2)7-12(13)6-11(9-16)10-17/h6-8H,4-5H2,1-3H3. The van der Waals surface area contributed by atoms with E-state index in [9.17, 15) is 0 Å². The molecule has 0 atom stereocenters. The minimum atomic E-state index is -0.00133. The van der Waals surface area contributed by atoms with Crippen LogP contribution in [0.5, 0.6) is 17.2 Å². The van der Waals surface area contributed by atoms with Crippen molar-refractivity contribution in [3.8, 4) is 29.4 Å². The molecule has 0 aliphatic carbocycles. The van der Waals surface area contributed by atoms with Crippen molar-refractivity contribution in [3.05, 3.63) is 23.3 Å². The summed E-state index contributed by atoms with van der Waals surface area (Å²) in [7, 11) is 1.54. The van der Waals surface area contributed by atoms with Crippen LogP contribution in [0.4, 0.5) is 0 Å². The van der Waals surface area contributed by atoms with E-state index in [0.29, 0.717) is 36.0 Å². The van der Waals surface area contributed by atoms with E-state index in [0.717, 1.165) is 0 Å². The van der Waals surface area contributed by atoms with E-state index in [1.807, 2.05) is 26.0 Å². The van der Waals surface area contributed by atoms with Crippen LogP contribution in [-0.4, -0.2) is 20.3 Å². The maximum absolute atomic E-state index is 8.84. The quantitative estimate of drug-likeness (QED) is 0.744. The number of benzene rings is 1. The van der Waals surface area contributed by atoms with Gasteiger partial charge >= 0.3 is 0 Å². The van der Waals surface area contributed by atoms with Gasteiger partial charge in [0.05, 0.1) is 20.3 Å². The summed E-state index contributed by atoms with van der Waals surface area (Å²) >= 11 is 0. The van der Waals surface area contributed by atoms with Gasteiger partial charge in [0.25, 0.3) is 0 Å². The lowest BCUT2D eigenvalue weighted by atomic mass is 10.1. The van der Waals surface area contributed by atoms with Gasteiger partial charge < -0.3 is 14.2 Å². The SMILES string of the molecule is CCOc1cc(OC)c(OCC)cc1C=C(C#N)C#N. The lowest BCUT2D eigenvalue weighted by Crippen LogP contribution is -1.99. The molecule has 0 N–H and O–H groups in total. The largest absolute Gasteiger partial charge is 0.493 e. The molecule has 0 aliphatic heterocycles. The van der Waals surface area contributed by atoms with Crippen molar-refractivity contribution in [2.24, 2.45) is 0 Å². The van der Waals surface area contributed by atoms with Gasteiger partial charge in [0, 0.05) is 11.6 Å². The van der Waals surface area contributed by atoms with E-state index in [1.54, 1.807) is 19.2 Å². The van der Waals surface area contributed by atoms with Crippen LogP contribution in [0.2, 0.25) is 0 Å². The summed E-state index contributed by atoms with van der Waals surface area (Å²) in [5, 5.41) is 17.7. The Balaban J connectivity index is 3.39. The number of nitrogens with zero attached hydrogens (tertiary/aromatic N) is 2. The van der Waals surface area contributed by atoms with Crippen molar-refractivity contribution >= 4 is 6.08 Å². The second-order valence-electron chi connectivity index (χ2n) is 3.69. The van der Waals surface area contributed by atoms with Crippen molar-refractivity contribution in [2.75, 3.05) is 20.3 Å². The first kappa shape index (κ1) is 15.4. The number of allylic oxidation sites excluding steroid dienone is 1. The summed E-state index contributed by atoms with van der Waals surface area (Å²) in [6, 6.07) is 7.03. The first-order valence-electron chi connectivity index (χ1n) is 6.19. The third-order valence-corrected chi connectivity index (χ3v) is 2.44. The Kier molecular flexibility index (Phi) is 5.93. The minimum Gasteiger partial charge on any atom is -0.493 e. The second kappa shape index (κ2) is 7.70. The molecular weight excluding hydrogens is 256 g/mol. The van der Waals surface area contributed by atoms with E-state index in [-0.39, 0.29) is 5.57 Å². The molecule has 104 valence electrons. The smallest absolute Gasteiger partial charge is 0.164 e. The maximum atomic E-state index is 8.84. The van der Waals surface area contributed by atoms with E-state index >= 15 is 0 Å². The van der Waals surface area contributed by atoms with Gasteiger partial charge in [0.1, 0.15) is 23.5 Å². The van der Waals surface area contributed by atoms with Crippen molar-refractivity contribution in [1.29, 1.82) is 10.5 Å². The number of hydrogen-bond acceptors (Lipinski definition) is 5. The van der Waals surface area contributed by atoms with Gasteiger partial charge in [0.15, 0.2) is 11.5 Å². The number of methoxy groups -OCH3 is 1. The Labute approximate surface area is 118 Å². The molecule has 1 aromatic carbocycles. The van der Waals surface area contributed by atoms with Crippen molar-refractivity contribution in [1.82, 2.24) is 0 Å². The zero-order valence-electron chi connectivity index (χ0n) is 11.8. The average Bonchev–Trinajstić information content (AvgIpc) is 2.47. The van der Waals surface area contributed by atoms with Gasteiger partial charge in [-0.3, -0.25) is 0 Å².